The highest BCUT2D eigenvalue weighted by Crippen LogP contribution is 2.31. The van der Waals surface area contributed by atoms with E-state index in [1.165, 1.54) is 23.9 Å². The van der Waals surface area contributed by atoms with Gasteiger partial charge in [-0.05, 0) is 24.1 Å². The van der Waals surface area contributed by atoms with Crippen LogP contribution in [0.5, 0.6) is 0 Å². The molecule has 0 saturated heterocycles. The van der Waals surface area contributed by atoms with Gasteiger partial charge in [-0.3, -0.25) is 0 Å². The molecule has 0 amide bonds. The Bertz CT molecular complexity index is 860. The molecule has 3 rings (SSSR count). The molecule has 0 unspecified atom stereocenters. The maximum absolute atomic E-state index is 12.8. The summed E-state index contributed by atoms with van der Waals surface area (Å²) in [5.41, 5.74) is 1.13. The van der Waals surface area contributed by atoms with Crippen LogP contribution in [0.15, 0.2) is 59.8 Å². The van der Waals surface area contributed by atoms with Crippen molar-refractivity contribution in [2.24, 2.45) is 0 Å². The Morgan fingerprint density at radius 2 is 1.69 bits per heavy atom. The van der Waals surface area contributed by atoms with Crippen LogP contribution < -0.4 is 0 Å². The minimum atomic E-state index is -4.33. The monoisotopic (exact) mass is 377 g/mol. The van der Waals surface area contributed by atoms with E-state index in [2.05, 4.69) is 10.2 Å². The van der Waals surface area contributed by atoms with Crippen LogP contribution in [0.3, 0.4) is 0 Å². The molecule has 136 valence electrons. The second-order valence-electron chi connectivity index (χ2n) is 5.79. The number of hydrogen-bond acceptors (Lipinski definition) is 3. The molecule has 0 spiro atoms. The van der Waals surface area contributed by atoms with E-state index in [0.29, 0.717) is 24.3 Å². The zero-order valence-electron chi connectivity index (χ0n) is 14.2. The van der Waals surface area contributed by atoms with Crippen LogP contribution in [0.25, 0.3) is 0 Å². The molecule has 1 aromatic heterocycles. The largest absolute Gasteiger partial charge is 0.416 e. The Labute approximate surface area is 154 Å². The molecule has 1 heterocycles. The third-order valence-corrected chi connectivity index (χ3v) is 4.97. The van der Waals surface area contributed by atoms with E-state index < -0.39 is 11.7 Å². The smallest absolute Gasteiger partial charge is 0.306 e. The highest BCUT2D eigenvalue weighted by molar-refractivity contribution is 7.98. The number of hydrogen-bond donors (Lipinski definition) is 0. The molecule has 0 saturated carbocycles. The molecule has 3 aromatic rings. The molecule has 0 N–H and O–H groups in total. The third-order valence-electron chi connectivity index (χ3n) is 3.94. The fourth-order valence-electron chi connectivity index (χ4n) is 2.64. The lowest BCUT2D eigenvalue weighted by atomic mass is 10.1. The number of aromatic nitrogens is 3. The highest BCUT2D eigenvalue weighted by Gasteiger charge is 2.30. The van der Waals surface area contributed by atoms with Crippen LogP contribution in [-0.2, 0) is 24.9 Å². The first kappa shape index (κ1) is 18.5. The first-order chi connectivity index (χ1) is 12.5. The van der Waals surface area contributed by atoms with Crippen LogP contribution in [0.2, 0.25) is 0 Å². The van der Waals surface area contributed by atoms with Crippen LogP contribution >= 0.6 is 11.8 Å². The van der Waals surface area contributed by atoms with Crippen LogP contribution in [0.4, 0.5) is 13.2 Å². The van der Waals surface area contributed by atoms with Crippen LogP contribution in [0, 0.1) is 0 Å². The van der Waals surface area contributed by atoms with Gasteiger partial charge >= 0.3 is 6.18 Å². The second-order valence-corrected chi connectivity index (χ2v) is 6.73. The van der Waals surface area contributed by atoms with Gasteiger partial charge in [0.05, 0.1) is 5.56 Å². The maximum atomic E-state index is 12.8. The molecule has 0 radical (unpaired) electrons. The quantitative estimate of drug-likeness (QED) is 0.553. The Balaban J connectivity index is 1.73. The van der Waals surface area contributed by atoms with Gasteiger partial charge in [0.15, 0.2) is 5.16 Å². The van der Waals surface area contributed by atoms with Gasteiger partial charge in [0, 0.05) is 18.7 Å². The fraction of sp³-hybridized carbons (Fsp3) is 0.263. The fourth-order valence-corrected chi connectivity index (χ4v) is 3.60. The van der Waals surface area contributed by atoms with Crippen molar-refractivity contribution in [1.82, 2.24) is 14.8 Å². The lowest BCUT2D eigenvalue weighted by Crippen LogP contribution is -2.05. The van der Waals surface area contributed by atoms with Crippen molar-refractivity contribution in [3.63, 3.8) is 0 Å². The zero-order valence-corrected chi connectivity index (χ0v) is 15.0. The summed E-state index contributed by atoms with van der Waals surface area (Å²) < 4.78 is 40.5. The average molecular weight is 377 g/mol. The van der Waals surface area contributed by atoms with Gasteiger partial charge in [-0.2, -0.15) is 13.2 Å². The Kier molecular flexibility index (Phi) is 5.66. The lowest BCUT2D eigenvalue weighted by Gasteiger charge is -2.09. The van der Waals surface area contributed by atoms with E-state index in [0.717, 1.165) is 22.6 Å². The summed E-state index contributed by atoms with van der Waals surface area (Å²) in [6, 6.07) is 15.4. The molecule has 2 aromatic carbocycles. The SMILES string of the molecule is CCn1c(Cc2ccccc2)nnc1SCc1cccc(C(F)(F)F)c1. The van der Waals surface area contributed by atoms with Crippen molar-refractivity contribution in [3.05, 3.63) is 77.1 Å². The summed E-state index contributed by atoms with van der Waals surface area (Å²) in [6.45, 7) is 2.71. The minimum absolute atomic E-state index is 0.410. The highest BCUT2D eigenvalue weighted by atomic mass is 32.2. The predicted octanol–water partition coefficient (Wildman–Crippen LogP) is 5.20. The van der Waals surface area contributed by atoms with Crippen LogP contribution in [-0.4, -0.2) is 14.8 Å². The van der Waals surface area contributed by atoms with Crippen molar-refractivity contribution in [3.8, 4) is 0 Å². The molecule has 0 aliphatic carbocycles. The standard InChI is InChI=1S/C19H18F3N3S/c1-2-25-17(12-14-7-4-3-5-8-14)23-24-18(25)26-13-15-9-6-10-16(11-15)19(20,21)22/h3-11H,2,12-13H2,1H3. The lowest BCUT2D eigenvalue weighted by molar-refractivity contribution is -0.137. The summed E-state index contributed by atoms with van der Waals surface area (Å²) in [5.74, 6) is 1.26. The number of nitrogens with zero attached hydrogens (tertiary/aromatic N) is 3. The zero-order chi connectivity index (χ0) is 18.6. The van der Waals surface area contributed by atoms with Crippen molar-refractivity contribution in [2.75, 3.05) is 0 Å². The molecule has 0 bridgehead atoms. The molecule has 0 fully saturated rings. The summed E-state index contributed by atoms with van der Waals surface area (Å²) >= 11 is 1.40. The number of rotatable bonds is 6. The first-order valence-corrected chi connectivity index (χ1v) is 9.21. The minimum Gasteiger partial charge on any atom is -0.306 e. The van der Waals surface area contributed by atoms with E-state index in [9.17, 15) is 13.2 Å². The van der Waals surface area contributed by atoms with Gasteiger partial charge < -0.3 is 4.57 Å². The van der Waals surface area contributed by atoms with E-state index in [-0.39, 0.29) is 0 Å². The van der Waals surface area contributed by atoms with E-state index in [1.54, 1.807) is 6.07 Å². The Morgan fingerprint density at radius 3 is 2.38 bits per heavy atom. The maximum Gasteiger partial charge on any atom is 0.416 e. The van der Waals surface area contributed by atoms with Gasteiger partial charge in [-0.15, -0.1) is 10.2 Å². The summed E-state index contributed by atoms with van der Waals surface area (Å²) in [5, 5.41) is 9.20. The molecular formula is C19H18F3N3S. The Hall–Kier alpha value is -2.28. The Morgan fingerprint density at radius 1 is 0.962 bits per heavy atom. The molecule has 0 aliphatic heterocycles. The van der Waals surface area contributed by atoms with E-state index in [4.69, 9.17) is 0 Å². The third kappa shape index (κ3) is 4.46. The first-order valence-electron chi connectivity index (χ1n) is 8.22. The summed E-state index contributed by atoms with van der Waals surface area (Å²) in [7, 11) is 0. The normalized spacial score (nSPS) is 11.7. The average Bonchev–Trinajstić information content (AvgIpc) is 3.02. The predicted molar refractivity (Wildman–Crippen MR) is 95.9 cm³/mol. The van der Waals surface area contributed by atoms with E-state index in [1.807, 2.05) is 41.8 Å². The molecule has 0 aliphatic rings. The summed E-state index contributed by atoms with van der Waals surface area (Å²) in [4.78, 5) is 0. The van der Waals surface area contributed by atoms with Gasteiger partial charge in [-0.25, -0.2) is 0 Å². The van der Waals surface area contributed by atoms with Crippen molar-refractivity contribution in [2.45, 2.75) is 37.0 Å². The number of thioether (sulfide) groups is 1. The van der Waals surface area contributed by atoms with Gasteiger partial charge in [-0.1, -0.05) is 60.3 Å². The van der Waals surface area contributed by atoms with Gasteiger partial charge in [0.25, 0.3) is 0 Å². The molecule has 3 nitrogen and oxygen atoms in total. The molecular weight excluding hydrogens is 359 g/mol. The van der Waals surface area contributed by atoms with Crippen molar-refractivity contribution in [1.29, 1.82) is 0 Å². The van der Waals surface area contributed by atoms with Gasteiger partial charge in [0.1, 0.15) is 5.82 Å². The molecule has 26 heavy (non-hydrogen) atoms. The molecule has 0 atom stereocenters. The topological polar surface area (TPSA) is 30.7 Å². The second kappa shape index (κ2) is 7.95. The number of benzene rings is 2. The van der Waals surface area contributed by atoms with E-state index >= 15 is 0 Å². The number of alkyl halides is 3. The van der Waals surface area contributed by atoms with Crippen molar-refractivity contribution >= 4 is 11.8 Å². The van der Waals surface area contributed by atoms with Crippen molar-refractivity contribution < 1.29 is 13.2 Å². The van der Waals surface area contributed by atoms with Gasteiger partial charge in [0.2, 0.25) is 0 Å². The molecule has 7 heteroatoms. The summed E-state index contributed by atoms with van der Waals surface area (Å²) in [6.07, 6.45) is -3.65. The van der Waals surface area contributed by atoms with Crippen LogP contribution in [0.1, 0.15) is 29.4 Å². The number of halogens is 3.